The maximum absolute atomic E-state index is 10.6. The zero-order valence-electron chi connectivity index (χ0n) is 10.6. The summed E-state index contributed by atoms with van der Waals surface area (Å²) in [4.78, 5) is 10.1. The topological polar surface area (TPSA) is 72.6 Å². The Hall–Kier alpha value is -1.62. The molecule has 1 aromatic carbocycles. The second-order valence-corrected chi connectivity index (χ2v) is 4.12. The molecule has 0 aliphatic carbocycles. The van der Waals surface area contributed by atoms with E-state index in [4.69, 9.17) is 9.84 Å². The van der Waals surface area contributed by atoms with E-state index >= 15 is 0 Å². The van der Waals surface area contributed by atoms with Gasteiger partial charge in [-0.05, 0) is 12.5 Å². The van der Waals surface area contributed by atoms with Crippen molar-refractivity contribution >= 4 is 5.69 Å². The molecule has 0 aromatic heterocycles. The van der Waals surface area contributed by atoms with Crippen LogP contribution in [-0.2, 0) is 6.61 Å². The summed E-state index contributed by atoms with van der Waals surface area (Å²) >= 11 is 0. The number of hydrogen-bond donors (Lipinski definition) is 1. The van der Waals surface area contributed by atoms with E-state index in [-0.39, 0.29) is 12.3 Å². The van der Waals surface area contributed by atoms with Crippen LogP contribution in [0, 0.1) is 10.1 Å². The lowest BCUT2D eigenvalue weighted by molar-refractivity contribution is -0.385. The number of benzene rings is 1. The third-order valence-electron chi connectivity index (χ3n) is 2.68. The van der Waals surface area contributed by atoms with E-state index in [0.29, 0.717) is 17.9 Å². The highest BCUT2D eigenvalue weighted by atomic mass is 16.6. The monoisotopic (exact) mass is 253 g/mol. The van der Waals surface area contributed by atoms with Crippen LogP contribution < -0.4 is 4.74 Å². The molecule has 0 unspecified atom stereocenters. The summed E-state index contributed by atoms with van der Waals surface area (Å²) in [7, 11) is 0. The molecule has 100 valence electrons. The second kappa shape index (κ2) is 7.66. The first-order valence-corrected chi connectivity index (χ1v) is 6.20. The van der Waals surface area contributed by atoms with E-state index in [9.17, 15) is 10.1 Å². The van der Waals surface area contributed by atoms with Crippen molar-refractivity contribution in [3.63, 3.8) is 0 Å². The molecule has 18 heavy (non-hydrogen) atoms. The molecule has 0 radical (unpaired) electrons. The summed E-state index contributed by atoms with van der Waals surface area (Å²) in [5, 5.41) is 19.8. The zero-order chi connectivity index (χ0) is 13.4. The van der Waals surface area contributed by atoms with Gasteiger partial charge in [-0.25, -0.2) is 0 Å². The maximum atomic E-state index is 10.6. The lowest BCUT2D eigenvalue weighted by atomic mass is 10.2. The van der Waals surface area contributed by atoms with Gasteiger partial charge in [0, 0.05) is 17.7 Å². The van der Waals surface area contributed by atoms with Crippen LogP contribution in [0.4, 0.5) is 5.69 Å². The molecule has 1 rings (SSSR count). The molecule has 0 bridgehead atoms. The fourth-order valence-electron chi connectivity index (χ4n) is 1.65. The minimum absolute atomic E-state index is 0.0302. The Kier molecular flexibility index (Phi) is 6.14. The van der Waals surface area contributed by atoms with Crippen LogP contribution in [0.2, 0.25) is 0 Å². The molecule has 0 saturated carbocycles. The first-order chi connectivity index (χ1) is 8.69. The lowest BCUT2D eigenvalue weighted by Gasteiger charge is -2.09. The molecule has 0 heterocycles. The molecule has 5 nitrogen and oxygen atoms in total. The minimum Gasteiger partial charge on any atom is -0.493 e. The smallest absolute Gasteiger partial charge is 0.270 e. The number of ether oxygens (including phenoxy) is 1. The van der Waals surface area contributed by atoms with Gasteiger partial charge >= 0.3 is 0 Å². The third kappa shape index (κ3) is 4.33. The van der Waals surface area contributed by atoms with E-state index in [1.54, 1.807) is 6.07 Å². The Balaban J connectivity index is 2.57. The van der Waals surface area contributed by atoms with E-state index in [2.05, 4.69) is 6.92 Å². The Morgan fingerprint density at radius 3 is 2.72 bits per heavy atom. The van der Waals surface area contributed by atoms with E-state index in [0.717, 1.165) is 12.8 Å². The normalized spacial score (nSPS) is 10.3. The number of rotatable bonds is 8. The molecule has 0 aliphatic heterocycles. The number of nitro benzene ring substituents is 1. The van der Waals surface area contributed by atoms with Crippen molar-refractivity contribution in [3.05, 3.63) is 33.9 Å². The van der Waals surface area contributed by atoms with Gasteiger partial charge in [0.1, 0.15) is 5.75 Å². The predicted molar refractivity (Wildman–Crippen MR) is 68.7 cm³/mol. The van der Waals surface area contributed by atoms with Gasteiger partial charge in [-0.3, -0.25) is 10.1 Å². The highest BCUT2D eigenvalue weighted by Crippen LogP contribution is 2.24. The number of non-ortho nitro benzene ring substituents is 1. The van der Waals surface area contributed by atoms with Crippen molar-refractivity contribution in [2.45, 2.75) is 39.2 Å². The first kappa shape index (κ1) is 14.4. The molecule has 5 heteroatoms. The first-order valence-electron chi connectivity index (χ1n) is 6.20. The number of hydrogen-bond acceptors (Lipinski definition) is 4. The predicted octanol–water partition coefficient (Wildman–Crippen LogP) is 3.05. The molecule has 1 aromatic rings. The summed E-state index contributed by atoms with van der Waals surface area (Å²) in [6.45, 7) is 2.46. The number of nitro groups is 1. The van der Waals surface area contributed by atoms with Crippen LogP contribution in [-0.4, -0.2) is 16.6 Å². The van der Waals surface area contributed by atoms with Gasteiger partial charge in [-0.15, -0.1) is 0 Å². The number of aliphatic hydroxyl groups excluding tert-OH is 1. The Morgan fingerprint density at radius 1 is 1.33 bits per heavy atom. The fourth-order valence-corrected chi connectivity index (χ4v) is 1.65. The fraction of sp³-hybridized carbons (Fsp3) is 0.538. The van der Waals surface area contributed by atoms with Gasteiger partial charge in [0.25, 0.3) is 5.69 Å². The molecule has 0 aliphatic rings. The van der Waals surface area contributed by atoms with Crippen molar-refractivity contribution < 1.29 is 14.8 Å². The second-order valence-electron chi connectivity index (χ2n) is 4.12. The summed E-state index contributed by atoms with van der Waals surface area (Å²) in [5.74, 6) is 0.527. The third-order valence-corrected chi connectivity index (χ3v) is 2.68. The Bertz CT molecular complexity index is 393. The van der Waals surface area contributed by atoms with Gasteiger partial charge in [-0.1, -0.05) is 26.2 Å². The zero-order valence-corrected chi connectivity index (χ0v) is 10.6. The van der Waals surface area contributed by atoms with Gasteiger partial charge < -0.3 is 9.84 Å². The number of nitrogens with zero attached hydrogens (tertiary/aromatic N) is 1. The summed E-state index contributed by atoms with van der Waals surface area (Å²) < 4.78 is 5.53. The van der Waals surface area contributed by atoms with Gasteiger partial charge in [0.2, 0.25) is 0 Å². The van der Waals surface area contributed by atoms with E-state index in [1.165, 1.54) is 25.0 Å². The standard InChI is InChI=1S/C13H19NO4/c1-2-3-4-5-8-18-13-7-6-12(14(16)17)9-11(13)10-15/h6-7,9,15H,2-5,8,10H2,1H3. The molecular formula is C13H19NO4. The Morgan fingerprint density at radius 2 is 2.11 bits per heavy atom. The van der Waals surface area contributed by atoms with Gasteiger partial charge in [0.05, 0.1) is 18.1 Å². The SMILES string of the molecule is CCCCCCOc1ccc([N+](=O)[O-])cc1CO. The molecule has 1 N–H and O–H groups in total. The van der Waals surface area contributed by atoms with Crippen molar-refractivity contribution in [3.8, 4) is 5.75 Å². The Labute approximate surface area is 107 Å². The largest absolute Gasteiger partial charge is 0.493 e. The summed E-state index contributed by atoms with van der Waals surface area (Å²) in [6, 6.07) is 4.28. The number of unbranched alkanes of at least 4 members (excludes halogenated alkanes) is 3. The maximum Gasteiger partial charge on any atom is 0.270 e. The van der Waals surface area contributed by atoms with Crippen LogP contribution in [0.15, 0.2) is 18.2 Å². The van der Waals surface area contributed by atoms with Crippen LogP contribution in [0.1, 0.15) is 38.2 Å². The molecule has 0 saturated heterocycles. The highest BCUT2D eigenvalue weighted by molar-refractivity contribution is 5.43. The van der Waals surface area contributed by atoms with Crippen molar-refractivity contribution in [1.82, 2.24) is 0 Å². The van der Waals surface area contributed by atoms with Crippen molar-refractivity contribution in [1.29, 1.82) is 0 Å². The highest BCUT2D eigenvalue weighted by Gasteiger charge is 2.10. The minimum atomic E-state index is -0.482. The average Bonchev–Trinajstić information content (AvgIpc) is 2.38. The van der Waals surface area contributed by atoms with Crippen molar-refractivity contribution in [2.75, 3.05) is 6.61 Å². The van der Waals surface area contributed by atoms with Gasteiger partial charge in [0.15, 0.2) is 0 Å². The summed E-state index contributed by atoms with van der Waals surface area (Å²) in [6.07, 6.45) is 4.41. The van der Waals surface area contributed by atoms with E-state index < -0.39 is 4.92 Å². The molecular weight excluding hydrogens is 234 g/mol. The molecule has 0 spiro atoms. The number of aliphatic hydroxyl groups is 1. The van der Waals surface area contributed by atoms with Crippen LogP contribution in [0.5, 0.6) is 5.75 Å². The molecule has 0 fully saturated rings. The average molecular weight is 253 g/mol. The molecule has 0 atom stereocenters. The molecule has 0 amide bonds. The van der Waals surface area contributed by atoms with Crippen LogP contribution in [0.25, 0.3) is 0 Å². The summed E-state index contributed by atoms with van der Waals surface area (Å²) in [5.41, 5.74) is 0.428. The van der Waals surface area contributed by atoms with Crippen molar-refractivity contribution in [2.24, 2.45) is 0 Å². The van der Waals surface area contributed by atoms with Crippen LogP contribution in [0.3, 0.4) is 0 Å². The quantitative estimate of drug-likeness (QED) is 0.439. The lowest BCUT2D eigenvalue weighted by Crippen LogP contribution is -2.01. The van der Waals surface area contributed by atoms with Gasteiger partial charge in [-0.2, -0.15) is 0 Å². The van der Waals surface area contributed by atoms with Crippen LogP contribution >= 0.6 is 0 Å². The van der Waals surface area contributed by atoms with E-state index in [1.807, 2.05) is 0 Å².